The largest absolute Gasteiger partial charge is 0.466 e. The Morgan fingerprint density at radius 3 is 2.53 bits per heavy atom. The molecule has 0 aromatic carbocycles. The quantitative estimate of drug-likeness (QED) is 0.455. The summed E-state index contributed by atoms with van der Waals surface area (Å²) in [4.78, 5) is 33.2. The van der Waals surface area contributed by atoms with Crippen molar-refractivity contribution in [1.82, 2.24) is 5.32 Å². The first kappa shape index (κ1) is 15.0. The number of terminal acetylenes is 1. The molecular weight excluding hydrogens is 224 g/mol. The third-order valence-electron chi connectivity index (χ3n) is 1.86. The summed E-state index contributed by atoms with van der Waals surface area (Å²) in [6, 6.07) is -0.894. The van der Waals surface area contributed by atoms with Crippen molar-refractivity contribution in [3.8, 4) is 12.3 Å². The number of esters is 1. The normalized spacial score (nSPS) is 11.1. The number of carbonyl (C=O) groups is 3. The molecule has 3 N–H and O–H groups in total. The van der Waals surface area contributed by atoms with E-state index in [0.29, 0.717) is 0 Å². The maximum Gasteiger partial charge on any atom is 0.306 e. The number of nitrogens with one attached hydrogen (secondary N) is 1. The molecule has 0 bridgehead atoms. The van der Waals surface area contributed by atoms with Gasteiger partial charge in [0.05, 0.1) is 13.0 Å². The second kappa shape index (κ2) is 8.16. The average Bonchev–Trinajstić information content (AvgIpc) is 2.26. The van der Waals surface area contributed by atoms with Gasteiger partial charge in [-0.05, 0) is 6.92 Å². The van der Waals surface area contributed by atoms with E-state index in [0.717, 1.165) is 0 Å². The van der Waals surface area contributed by atoms with Crippen LogP contribution in [0.1, 0.15) is 26.2 Å². The molecule has 0 saturated carbocycles. The van der Waals surface area contributed by atoms with Gasteiger partial charge in [0, 0.05) is 12.8 Å². The minimum Gasteiger partial charge on any atom is -0.466 e. The first-order valence-electron chi connectivity index (χ1n) is 5.19. The molecule has 6 heteroatoms. The van der Waals surface area contributed by atoms with Crippen LogP contribution in [0.25, 0.3) is 0 Å². The van der Waals surface area contributed by atoms with Gasteiger partial charge in [-0.15, -0.1) is 12.3 Å². The molecule has 0 fully saturated rings. The highest BCUT2D eigenvalue weighted by Gasteiger charge is 2.17. The molecule has 0 heterocycles. The maximum atomic E-state index is 11.3. The van der Waals surface area contributed by atoms with Crippen LogP contribution in [0.15, 0.2) is 0 Å². The lowest BCUT2D eigenvalue weighted by Crippen LogP contribution is -2.44. The van der Waals surface area contributed by atoms with Crippen molar-refractivity contribution in [2.45, 2.75) is 32.2 Å². The van der Waals surface area contributed by atoms with E-state index in [-0.39, 0.29) is 25.9 Å². The minimum absolute atomic E-state index is 0.0283. The fourth-order valence-corrected chi connectivity index (χ4v) is 1.06. The van der Waals surface area contributed by atoms with Crippen LogP contribution < -0.4 is 11.1 Å². The molecule has 94 valence electrons. The molecule has 0 aromatic heterocycles. The highest BCUT2D eigenvalue weighted by molar-refractivity contribution is 5.88. The number of carbonyl (C=O) groups excluding carboxylic acids is 3. The zero-order valence-electron chi connectivity index (χ0n) is 9.69. The van der Waals surface area contributed by atoms with Gasteiger partial charge in [0.2, 0.25) is 11.8 Å². The molecule has 6 nitrogen and oxygen atoms in total. The first-order chi connectivity index (χ1) is 8.01. The molecule has 0 unspecified atom stereocenters. The van der Waals surface area contributed by atoms with E-state index < -0.39 is 23.8 Å². The molecular formula is C11H16N2O4. The van der Waals surface area contributed by atoms with Crippen LogP contribution in [0.3, 0.4) is 0 Å². The number of primary amides is 1. The average molecular weight is 240 g/mol. The smallest absolute Gasteiger partial charge is 0.306 e. The van der Waals surface area contributed by atoms with E-state index in [4.69, 9.17) is 12.2 Å². The topological polar surface area (TPSA) is 98.5 Å². The summed E-state index contributed by atoms with van der Waals surface area (Å²) < 4.78 is 4.65. The lowest BCUT2D eigenvalue weighted by atomic mass is 10.2. The monoisotopic (exact) mass is 240 g/mol. The van der Waals surface area contributed by atoms with E-state index >= 15 is 0 Å². The van der Waals surface area contributed by atoms with Gasteiger partial charge in [0.15, 0.2) is 0 Å². The molecule has 0 aliphatic carbocycles. The molecule has 2 amide bonds. The Morgan fingerprint density at radius 1 is 1.41 bits per heavy atom. The van der Waals surface area contributed by atoms with Gasteiger partial charge in [-0.2, -0.15) is 0 Å². The second-order valence-electron chi connectivity index (χ2n) is 3.24. The number of ether oxygens (including phenoxy) is 1. The summed E-state index contributed by atoms with van der Waals surface area (Å²) in [6.45, 7) is 1.94. The highest BCUT2D eigenvalue weighted by atomic mass is 16.5. The maximum absolute atomic E-state index is 11.3. The SMILES string of the molecule is C#CC[C@@H](NC(=O)CCC(=O)OCC)C(N)=O. The Bertz CT molecular complexity index is 333. The standard InChI is InChI=1S/C11H16N2O4/c1-3-5-8(11(12)16)13-9(14)6-7-10(15)17-4-2/h1,8H,4-7H2,2H3,(H2,12,16)(H,13,14)/t8-/m1/s1. The lowest BCUT2D eigenvalue weighted by molar-refractivity contribution is -0.144. The Morgan fingerprint density at radius 2 is 2.06 bits per heavy atom. The molecule has 0 aliphatic rings. The minimum atomic E-state index is -0.894. The van der Waals surface area contributed by atoms with Gasteiger partial charge in [-0.25, -0.2) is 0 Å². The Kier molecular flexibility index (Phi) is 7.19. The van der Waals surface area contributed by atoms with Crippen molar-refractivity contribution in [3.63, 3.8) is 0 Å². The van der Waals surface area contributed by atoms with E-state index in [1.54, 1.807) is 6.92 Å². The molecule has 0 saturated heterocycles. The summed E-state index contributed by atoms with van der Waals surface area (Å²) in [5.41, 5.74) is 5.03. The van der Waals surface area contributed by atoms with Gasteiger partial charge < -0.3 is 15.8 Å². The zero-order valence-corrected chi connectivity index (χ0v) is 9.69. The van der Waals surface area contributed by atoms with Gasteiger partial charge in [-0.1, -0.05) is 0 Å². The van der Waals surface area contributed by atoms with Crippen molar-refractivity contribution in [3.05, 3.63) is 0 Å². The van der Waals surface area contributed by atoms with Crippen LogP contribution in [0.4, 0.5) is 0 Å². The van der Waals surface area contributed by atoms with E-state index in [2.05, 4.69) is 16.0 Å². The van der Waals surface area contributed by atoms with E-state index in [9.17, 15) is 14.4 Å². The fourth-order valence-electron chi connectivity index (χ4n) is 1.06. The molecule has 0 spiro atoms. The van der Waals surface area contributed by atoms with Crippen molar-refractivity contribution >= 4 is 17.8 Å². The predicted octanol–water partition coefficient (Wildman–Crippen LogP) is -0.677. The molecule has 0 radical (unpaired) electrons. The van der Waals surface area contributed by atoms with E-state index in [1.165, 1.54) is 0 Å². The van der Waals surface area contributed by atoms with Gasteiger partial charge >= 0.3 is 5.97 Å². The number of hydrogen-bond acceptors (Lipinski definition) is 4. The Hall–Kier alpha value is -2.03. The number of nitrogens with two attached hydrogens (primary N) is 1. The van der Waals surface area contributed by atoms with Crippen LogP contribution in [0, 0.1) is 12.3 Å². The van der Waals surface area contributed by atoms with Crippen LogP contribution in [0.5, 0.6) is 0 Å². The number of rotatable bonds is 7. The van der Waals surface area contributed by atoms with Crippen LogP contribution in [0.2, 0.25) is 0 Å². The van der Waals surface area contributed by atoms with E-state index in [1.807, 2.05) is 0 Å². The summed E-state index contributed by atoms with van der Waals surface area (Å²) in [5, 5.41) is 2.35. The third-order valence-corrected chi connectivity index (χ3v) is 1.86. The molecule has 0 aromatic rings. The van der Waals surface area contributed by atoms with Crippen molar-refractivity contribution in [2.75, 3.05) is 6.61 Å². The molecule has 0 rings (SSSR count). The third kappa shape index (κ3) is 6.95. The molecule has 17 heavy (non-hydrogen) atoms. The fraction of sp³-hybridized carbons (Fsp3) is 0.545. The molecule has 1 atom stereocenters. The Balaban J connectivity index is 4.03. The van der Waals surface area contributed by atoms with Crippen LogP contribution in [-0.4, -0.2) is 30.4 Å². The predicted molar refractivity (Wildman–Crippen MR) is 60.4 cm³/mol. The van der Waals surface area contributed by atoms with Crippen LogP contribution in [-0.2, 0) is 19.1 Å². The summed E-state index contributed by atoms with van der Waals surface area (Å²) in [5.74, 6) is 0.607. The van der Waals surface area contributed by atoms with Gasteiger partial charge in [0.1, 0.15) is 6.04 Å². The summed E-state index contributed by atoms with van der Waals surface area (Å²) in [6.07, 6.45) is 4.95. The second-order valence-corrected chi connectivity index (χ2v) is 3.24. The highest BCUT2D eigenvalue weighted by Crippen LogP contribution is 1.96. The molecule has 0 aliphatic heterocycles. The van der Waals surface area contributed by atoms with Crippen LogP contribution >= 0.6 is 0 Å². The lowest BCUT2D eigenvalue weighted by Gasteiger charge is -2.12. The summed E-state index contributed by atoms with van der Waals surface area (Å²) >= 11 is 0. The number of hydrogen-bond donors (Lipinski definition) is 2. The summed E-state index contributed by atoms with van der Waals surface area (Å²) in [7, 11) is 0. The zero-order chi connectivity index (χ0) is 13.3. The van der Waals surface area contributed by atoms with Crippen molar-refractivity contribution in [1.29, 1.82) is 0 Å². The van der Waals surface area contributed by atoms with Gasteiger partial charge in [-0.3, -0.25) is 14.4 Å². The van der Waals surface area contributed by atoms with Crippen molar-refractivity contribution in [2.24, 2.45) is 5.73 Å². The van der Waals surface area contributed by atoms with Gasteiger partial charge in [0.25, 0.3) is 0 Å². The first-order valence-corrected chi connectivity index (χ1v) is 5.19. The van der Waals surface area contributed by atoms with Crippen molar-refractivity contribution < 1.29 is 19.1 Å². The Labute approximate surface area is 99.9 Å². The number of amides is 2.